The van der Waals surface area contributed by atoms with E-state index in [1.54, 1.807) is 0 Å². The van der Waals surface area contributed by atoms with Crippen LogP contribution in [0.1, 0.15) is 16.2 Å². The molecule has 0 aliphatic heterocycles. The van der Waals surface area contributed by atoms with E-state index in [2.05, 4.69) is 14.7 Å². The highest BCUT2D eigenvalue weighted by Gasteiger charge is 2.07. The van der Waals surface area contributed by atoms with Crippen molar-refractivity contribution in [2.24, 2.45) is 0 Å². The Kier molecular flexibility index (Phi) is 3.50. The molecule has 0 aliphatic rings. The maximum absolute atomic E-state index is 10.9. The lowest BCUT2D eigenvalue weighted by Crippen LogP contribution is -2.06. The summed E-state index contributed by atoms with van der Waals surface area (Å²) in [7, 11) is 1.23. The summed E-state index contributed by atoms with van der Waals surface area (Å²) in [6.45, 7) is 0. The number of carbonyl (C=O) groups excluding carboxylic acids is 1. The second-order valence-electron chi connectivity index (χ2n) is 2.50. The summed E-state index contributed by atoms with van der Waals surface area (Å²) in [5, 5.41) is 8.35. The molecule has 6 nitrogen and oxygen atoms in total. The molecule has 0 aliphatic carbocycles. The first-order valence-electron chi connectivity index (χ1n) is 3.95. The molecule has 1 aromatic heterocycles. The summed E-state index contributed by atoms with van der Waals surface area (Å²) in [5.74, 6) is -1.76. The molecule has 1 heterocycles. The molecule has 6 heteroatoms. The number of aromatic nitrogens is 2. The molecule has 0 aromatic carbocycles. The van der Waals surface area contributed by atoms with Gasteiger partial charge in [-0.15, -0.1) is 0 Å². The van der Waals surface area contributed by atoms with Crippen LogP contribution in [-0.4, -0.2) is 34.1 Å². The van der Waals surface area contributed by atoms with Crippen LogP contribution in [0.3, 0.4) is 0 Å². The second kappa shape index (κ2) is 4.85. The smallest absolute Gasteiger partial charge is 0.376 e. The number of ether oxygens (including phenoxy) is 1. The minimum atomic E-state index is -1.06. The van der Waals surface area contributed by atoms with Crippen molar-refractivity contribution in [1.29, 1.82) is 0 Å². The van der Waals surface area contributed by atoms with Crippen molar-refractivity contribution >= 4 is 18.0 Å². The third-order valence-electron chi connectivity index (χ3n) is 1.46. The quantitative estimate of drug-likeness (QED) is 0.569. The lowest BCUT2D eigenvalue weighted by Gasteiger charge is -1.96. The SMILES string of the molecule is COC(=O)c1ncc(C=CC(=O)O)cn1. The topological polar surface area (TPSA) is 89.4 Å². The van der Waals surface area contributed by atoms with Crippen molar-refractivity contribution in [2.75, 3.05) is 7.11 Å². The molecule has 0 atom stereocenters. The molecule has 0 bridgehead atoms. The van der Waals surface area contributed by atoms with Crippen molar-refractivity contribution in [3.8, 4) is 0 Å². The van der Waals surface area contributed by atoms with E-state index in [-0.39, 0.29) is 5.82 Å². The molecule has 1 N–H and O–H groups in total. The van der Waals surface area contributed by atoms with Crippen molar-refractivity contribution < 1.29 is 19.4 Å². The van der Waals surface area contributed by atoms with E-state index in [4.69, 9.17) is 5.11 Å². The zero-order valence-electron chi connectivity index (χ0n) is 7.88. The first-order valence-corrected chi connectivity index (χ1v) is 3.95. The fourth-order valence-corrected chi connectivity index (χ4v) is 0.788. The van der Waals surface area contributed by atoms with Crippen molar-refractivity contribution in [3.63, 3.8) is 0 Å². The molecular formula is C9H8N2O4. The van der Waals surface area contributed by atoms with Crippen LogP contribution in [0, 0.1) is 0 Å². The summed E-state index contributed by atoms with van der Waals surface area (Å²) < 4.78 is 4.40. The second-order valence-corrected chi connectivity index (χ2v) is 2.50. The fourth-order valence-electron chi connectivity index (χ4n) is 0.788. The van der Waals surface area contributed by atoms with E-state index in [1.807, 2.05) is 0 Å². The van der Waals surface area contributed by atoms with E-state index in [0.29, 0.717) is 5.56 Å². The number of esters is 1. The van der Waals surface area contributed by atoms with E-state index < -0.39 is 11.9 Å². The number of carbonyl (C=O) groups is 2. The molecular weight excluding hydrogens is 200 g/mol. The molecule has 0 amide bonds. The number of methoxy groups -OCH3 is 1. The minimum Gasteiger partial charge on any atom is -0.478 e. The standard InChI is InChI=1S/C9H8N2O4/c1-15-9(14)8-10-4-6(5-11-8)2-3-7(12)13/h2-5H,1H3,(H,12,13). The van der Waals surface area contributed by atoms with Gasteiger partial charge in [0.05, 0.1) is 7.11 Å². The van der Waals surface area contributed by atoms with Gasteiger partial charge in [-0.25, -0.2) is 19.6 Å². The van der Waals surface area contributed by atoms with E-state index in [9.17, 15) is 9.59 Å². The summed E-state index contributed by atoms with van der Waals surface area (Å²) >= 11 is 0. The molecule has 0 saturated heterocycles. The van der Waals surface area contributed by atoms with E-state index in [0.717, 1.165) is 6.08 Å². The van der Waals surface area contributed by atoms with Crippen LogP contribution in [0.15, 0.2) is 18.5 Å². The average molecular weight is 208 g/mol. The number of carboxylic acids is 1. The van der Waals surface area contributed by atoms with Gasteiger partial charge in [0.1, 0.15) is 0 Å². The molecule has 0 spiro atoms. The van der Waals surface area contributed by atoms with Gasteiger partial charge in [0, 0.05) is 24.0 Å². The fraction of sp³-hybridized carbons (Fsp3) is 0.111. The number of carboxylic acid groups (broad SMARTS) is 1. The first-order chi connectivity index (χ1) is 7.13. The van der Waals surface area contributed by atoms with E-state index in [1.165, 1.54) is 25.6 Å². The van der Waals surface area contributed by atoms with E-state index >= 15 is 0 Å². The predicted octanol–water partition coefficient (Wildman–Crippen LogP) is 0.361. The van der Waals surface area contributed by atoms with Gasteiger partial charge in [-0.2, -0.15) is 0 Å². The molecule has 0 unspecified atom stereocenters. The molecule has 15 heavy (non-hydrogen) atoms. The summed E-state index contributed by atoms with van der Waals surface area (Å²) in [6.07, 6.45) is 4.94. The predicted molar refractivity (Wildman–Crippen MR) is 50.0 cm³/mol. The molecule has 0 saturated carbocycles. The zero-order valence-corrected chi connectivity index (χ0v) is 7.88. The summed E-state index contributed by atoms with van der Waals surface area (Å²) in [6, 6.07) is 0. The summed E-state index contributed by atoms with van der Waals surface area (Å²) in [5.41, 5.74) is 0.491. The Morgan fingerprint density at radius 3 is 2.47 bits per heavy atom. The van der Waals surface area contributed by atoms with Crippen LogP contribution < -0.4 is 0 Å². The Balaban J connectivity index is 2.81. The number of aliphatic carboxylic acids is 1. The van der Waals surface area contributed by atoms with Gasteiger partial charge in [0.25, 0.3) is 0 Å². The highest BCUT2D eigenvalue weighted by Crippen LogP contribution is 1.99. The van der Waals surface area contributed by atoms with Gasteiger partial charge in [-0.1, -0.05) is 0 Å². The van der Waals surface area contributed by atoms with Gasteiger partial charge in [-0.3, -0.25) is 0 Å². The molecule has 1 rings (SSSR count). The third kappa shape index (κ3) is 3.18. The van der Waals surface area contributed by atoms with Crippen LogP contribution in [-0.2, 0) is 9.53 Å². The van der Waals surface area contributed by atoms with Gasteiger partial charge in [-0.05, 0) is 6.08 Å². The largest absolute Gasteiger partial charge is 0.478 e. The normalized spacial score (nSPS) is 10.2. The highest BCUT2D eigenvalue weighted by atomic mass is 16.5. The van der Waals surface area contributed by atoms with Gasteiger partial charge < -0.3 is 9.84 Å². The van der Waals surface area contributed by atoms with Gasteiger partial charge >= 0.3 is 11.9 Å². The maximum atomic E-state index is 10.9. The Hall–Kier alpha value is -2.24. The van der Waals surface area contributed by atoms with Crippen LogP contribution in [0.25, 0.3) is 6.08 Å². The van der Waals surface area contributed by atoms with Crippen LogP contribution >= 0.6 is 0 Å². The lowest BCUT2D eigenvalue weighted by atomic mass is 10.3. The monoisotopic (exact) mass is 208 g/mol. The minimum absolute atomic E-state index is 0.0648. The Morgan fingerprint density at radius 2 is 2.00 bits per heavy atom. The highest BCUT2D eigenvalue weighted by molar-refractivity contribution is 5.86. The average Bonchev–Trinajstić information content (AvgIpc) is 2.26. The first kappa shape index (κ1) is 10.8. The molecule has 1 aromatic rings. The number of rotatable bonds is 3. The molecule has 0 radical (unpaired) electrons. The van der Waals surface area contributed by atoms with Crippen LogP contribution in [0.5, 0.6) is 0 Å². The third-order valence-corrected chi connectivity index (χ3v) is 1.46. The summed E-state index contributed by atoms with van der Waals surface area (Å²) in [4.78, 5) is 28.5. The van der Waals surface area contributed by atoms with Gasteiger partial charge in [0.15, 0.2) is 0 Å². The number of hydrogen-bond acceptors (Lipinski definition) is 5. The Labute approximate surface area is 85.2 Å². The molecule has 0 fully saturated rings. The zero-order chi connectivity index (χ0) is 11.3. The number of hydrogen-bond donors (Lipinski definition) is 1. The van der Waals surface area contributed by atoms with Gasteiger partial charge in [0.2, 0.25) is 5.82 Å². The molecule has 78 valence electrons. The van der Waals surface area contributed by atoms with Crippen LogP contribution in [0.2, 0.25) is 0 Å². The van der Waals surface area contributed by atoms with Crippen molar-refractivity contribution in [3.05, 3.63) is 29.9 Å². The van der Waals surface area contributed by atoms with Crippen molar-refractivity contribution in [2.45, 2.75) is 0 Å². The maximum Gasteiger partial charge on any atom is 0.376 e. The van der Waals surface area contributed by atoms with Crippen LogP contribution in [0.4, 0.5) is 0 Å². The lowest BCUT2D eigenvalue weighted by molar-refractivity contribution is -0.131. The Bertz CT molecular complexity index is 397. The number of nitrogens with zero attached hydrogens (tertiary/aromatic N) is 2. The Morgan fingerprint density at radius 1 is 1.40 bits per heavy atom. The van der Waals surface area contributed by atoms with Crippen molar-refractivity contribution in [1.82, 2.24) is 9.97 Å².